The summed E-state index contributed by atoms with van der Waals surface area (Å²) in [5.74, 6) is -32.1. The Bertz CT molecular complexity index is 1320. The zero-order valence-corrected chi connectivity index (χ0v) is 27.6. The zero-order chi connectivity index (χ0) is 38.2. The summed E-state index contributed by atoms with van der Waals surface area (Å²) in [4.78, 5) is 8.21. The minimum atomic E-state index is -7.88. The van der Waals surface area contributed by atoms with Gasteiger partial charge in [-0.25, -0.2) is 9.97 Å². The number of aryl methyl sites for hydroxylation is 1. The smallest absolute Gasteiger partial charge is 0.428 e. The second-order valence-corrected chi connectivity index (χ2v) is 11.2. The van der Waals surface area contributed by atoms with Crippen molar-refractivity contribution in [3.05, 3.63) is 42.2 Å². The number of rotatable bonds is 22. The monoisotopic (exact) mass is 746 g/mol. The van der Waals surface area contributed by atoms with Gasteiger partial charge in [0.25, 0.3) is 0 Å². The fraction of sp³-hybridized carbons (Fsp3) is 0.677. The highest BCUT2D eigenvalue weighted by molar-refractivity contribution is 5.56. The van der Waals surface area contributed by atoms with E-state index >= 15 is 0 Å². The van der Waals surface area contributed by atoms with Gasteiger partial charge in [0.15, 0.2) is 24.7 Å². The van der Waals surface area contributed by atoms with Crippen molar-refractivity contribution in [3.63, 3.8) is 0 Å². The first-order chi connectivity index (χ1) is 23.0. The molecule has 1 aromatic carbocycles. The molecule has 2 aromatic rings. The van der Waals surface area contributed by atoms with Gasteiger partial charge in [0.05, 0.1) is 0 Å². The van der Waals surface area contributed by atoms with Gasteiger partial charge in [0.2, 0.25) is 0 Å². The van der Waals surface area contributed by atoms with Crippen LogP contribution in [-0.4, -0.2) is 71.9 Å². The van der Waals surface area contributed by atoms with Crippen molar-refractivity contribution in [2.75, 3.05) is 7.11 Å². The number of alkyl halides is 12. The Kier molecular flexibility index (Phi) is 14.8. The van der Waals surface area contributed by atoms with E-state index in [0.29, 0.717) is 25.5 Å². The summed E-state index contributed by atoms with van der Waals surface area (Å²) in [7, 11) is 1.13. The van der Waals surface area contributed by atoms with Crippen LogP contribution in [0.2, 0.25) is 0 Å². The molecule has 19 heteroatoms. The number of nitrogens with zero attached hydrogens (tertiary/aromatic N) is 2. The van der Waals surface area contributed by atoms with E-state index < -0.39 is 60.5 Å². The van der Waals surface area contributed by atoms with Gasteiger partial charge in [-0.1, -0.05) is 39.0 Å². The van der Waals surface area contributed by atoms with Gasteiger partial charge in [-0.05, 0) is 63.4 Å². The van der Waals surface area contributed by atoms with Crippen molar-refractivity contribution in [1.29, 1.82) is 0 Å². The Hall–Kier alpha value is -2.90. The molecule has 0 fully saturated rings. The van der Waals surface area contributed by atoms with Gasteiger partial charge in [-0.2, -0.15) is 52.7 Å². The van der Waals surface area contributed by atoms with Gasteiger partial charge in [-0.15, -0.1) is 0 Å². The molecule has 0 saturated heterocycles. The molecule has 0 aliphatic rings. The molecule has 1 heterocycles. The summed E-state index contributed by atoms with van der Waals surface area (Å²) in [6.07, 6.45) is -8.66. The standard InChI is InChI=1S/C31H38F12N2O5/c1-6-7-8-9-10-11-12-22-17-44-25(45-18-22)23-13-15-24(16-14-23)50-31(42,43)29(38,39)27(34,35)26(32,33)28(36,37)30(40,41)49-21(4)48-20(3)47-19(2)46-5/h13-21H,6-12H2,1-5H3. The average molecular weight is 747 g/mol. The zero-order valence-electron chi connectivity index (χ0n) is 27.6. The second-order valence-electron chi connectivity index (χ2n) is 11.2. The van der Waals surface area contributed by atoms with Crippen LogP contribution in [0, 0.1) is 0 Å². The molecule has 50 heavy (non-hydrogen) atoms. The molecule has 7 nitrogen and oxygen atoms in total. The van der Waals surface area contributed by atoms with Crippen molar-refractivity contribution in [2.45, 2.75) is 127 Å². The number of aromatic nitrogens is 2. The summed E-state index contributed by atoms with van der Waals surface area (Å²) >= 11 is 0. The van der Waals surface area contributed by atoms with Crippen molar-refractivity contribution in [2.24, 2.45) is 0 Å². The number of ether oxygens (including phenoxy) is 5. The van der Waals surface area contributed by atoms with Crippen LogP contribution in [0.4, 0.5) is 52.7 Å². The summed E-state index contributed by atoms with van der Waals surface area (Å²) in [5.41, 5.74) is 0.892. The molecule has 0 radical (unpaired) electrons. The minimum Gasteiger partial charge on any atom is -0.428 e. The predicted molar refractivity (Wildman–Crippen MR) is 154 cm³/mol. The first-order valence-electron chi connectivity index (χ1n) is 15.4. The van der Waals surface area contributed by atoms with Crippen molar-refractivity contribution in [3.8, 4) is 17.1 Å². The van der Waals surface area contributed by atoms with E-state index in [1.807, 2.05) is 0 Å². The number of hydrogen-bond donors (Lipinski definition) is 0. The van der Waals surface area contributed by atoms with Crippen molar-refractivity contribution < 1.29 is 76.4 Å². The predicted octanol–water partition coefficient (Wildman–Crippen LogP) is 9.89. The third-order valence-corrected chi connectivity index (χ3v) is 7.21. The fourth-order valence-electron chi connectivity index (χ4n) is 4.32. The molecule has 0 bridgehead atoms. The van der Waals surface area contributed by atoms with E-state index in [2.05, 4.69) is 35.8 Å². The molecule has 0 N–H and O–H groups in total. The number of benzene rings is 1. The quantitative estimate of drug-likeness (QED) is 0.0675. The molecular formula is C31H38F12N2O5. The van der Waals surface area contributed by atoms with Gasteiger partial charge in [-0.3, -0.25) is 4.74 Å². The Morgan fingerprint density at radius 1 is 0.600 bits per heavy atom. The maximum Gasteiger partial charge on any atom is 0.471 e. The summed E-state index contributed by atoms with van der Waals surface area (Å²) in [6, 6.07) is 2.91. The van der Waals surface area contributed by atoms with Crippen molar-refractivity contribution in [1.82, 2.24) is 9.97 Å². The van der Waals surface area contributed by atoms with E-state index in [1.54, 1.807) is 0 Å². The van der Waals surface area contributed by atoms with Crippen molar-refractivity contribution >= 4 is 0 Å². The van der Waals surface area contributed by atoms with Crippen LogP contribution in [0.1, 0.15) is 71.8 Å². The molecule has 2 rings (SSSR count). The third kappa shape index (κ3) is 9.91. The summed E-state index contributed by atoms with van der Waals surface area (Å²) in [6.45, 7) is 4.75. The molecule has 0 aliphatic heterocycles. The fourth-order valence-corrected chi connectivity index (χ4v) is 4.32. The topological polar surface area (TPSA) is 71.9 Å². The Morgan fingerprint density at radius 2 is 1.08 bits per heavy atom. The van der Waals surface area contributed by atoms with Crippen LogP contribution < -0.4 is 4.74 Å². The molecule has 0 aliphatic carbocycles. The van der Waals surface area contributed by atoms with Gasteiger partial charge >= 0.3 is 35.9 Å². The van der Waals surface area contributed by atoms with E-state index in [1.165, 1.54) is 19.3 Å². The molecule has 1 aromatic heterocycles. The van der Waals surface area contributed by atoms with E-state index in [0.717, 1.165) is 70.3 Å². The highest BCUT2D eigenvalue weighted by atomic mass is 19.4. The molecule has 3 unspecified atom stereocenters. The lowest BCUT2D eigenvalue weighted by molar-refractivity contribution is -0.481. The Labute approximate surface area is 280 Å². The lowest BCUT2D eigenvalue weighted by Gasteiger charge is -2.40. The number of halogens is 12. The Balaban J connectivity index is 2.17. The van der Waals surface area contributed by atoms with E-state index in [4.69, 9.17) is 4.74 Å². The second kappa shape index (κ2) is 17.1. The maximum absolute atomic E-state index is 14.4. The minimum absolute atomic E-state index is 0.0307. The summed E-state index contributed by atoms with van der Waals surface area (Å²) < 4.78 is 193. The Morgan fingerprint density at radius 3 is 1.60 bits per heavy atom. The van der Waals surface area contributed by atoms with Crippen LogP contribution >= 0.6 is 0 Å². The number of methoxy groups -OCH3 is 1. The molecule has 286 valence electrons. The number of hydrogen-bond acceptors (Lipinski definition) is 7. The van der Waals surface area contributed by atoms with Crippen LogP contribution in [0.3, 0.4) is 0 Å². The van der Waals surface area contributed by atoms with Gasteiger partial charge < -0.3 is 18.9 Å². The van der Waals surface area contributed by atoms with E-state index in [-0.39, 0.29) is 11.4 Å². The first-order valence-corrected chi connectivity index (χ1v) is 15.4. The van der Waals surface area contributed by atoms with Gasteiger partial charge in [0, 0.05) is 25.1 Å². The largest absolute Gasteiger partial charge is 0.471 e. The molecule has 0 spiro atoms. The lowest BCUT2D eigenvalue weighted by Crippen LogP contribution is -2.71. The maximum atomic E-state index is 14.4. The molecule has 0 saturated carbocycles. The first kappa shape index (κ1) is 43.3. The van der Waals surface area contributed by atoms with Crippen LogP contribution in [-0.2, 0) is 25.4 Å². The number of unbranched alkanes of at least 4 members (excludes halogenated alkanes) is 5. The van der Waals surface area contributed by atoms with Crippen LogP contribution in [0.25, 0.3) is 11.4 Å². The average Bonchev–Trinajstić information content (AvgIpc) is 3.02. The van der Waals surface area contributed by atoms with Crippen LogP contribution in [0.15, 0.2) is 36.7 Å². The normalized spacial score (nSPS) is 15.5. The SMILES string of the molecule is CCCCCCCCc1cnc(-c2ccc(OC(F)(F)C(F)(F)C(F)(F)C(F)(F)C(F)(F)C(F)(F)OC(C)OC(C)OC(C)OC)cc2)nc1. The molecular weight excluding hydrogens is 708 g/mol. The molecule has 3 atom stereocenters. The highest BCUT2D eigenvalue weighted by Crippen LogP contribution is 2.60. The molecule has 0 amide bonds. The van der Waals surface area contributed by atoms with Crippen LogP contribution in [0.5, 0.6) is 5.75 Å². The highest BCUT2D eigenvalue weighted by Gasteiger charge is 2.91. The summed E-state index contributed by atoms with van der Waals surface area (Å²) in [5, 5.41) is 0. The lowest BCUT2D eigenvalue weighted by atomic mass is 9.97. The van der Waals surface area contributed by atoms with Gasteiger partial charge in [0.1, 0.15) is 5.75 Å². The third-order valence-electron chi connectivity index (χ3n) is 7.21. The van der Waals surface area contributed by atoms with E-state index in [9.17, 15) is 52.7 Å².